The lowest BCUT2D eigenvalue weighted by Crippen LogP contribution is -2.30. The summed E-state index contributed by atoms with van der Waals surface area (Å²) in [6.45, 7) is 2.26. The van der Waals surface area contributed by atoms with Crippen LogP contribution >= 0.6 is 0 Å². The molecule has 4 heteroatoms. The van der Waals surface area contributed by atoms with Crippen molar-refractivity contribution in [2.45, 2.75) is 57.8 Å². The van der Waals surface area contributed by atoms with Crippen molar-refractivity contribution in [3.05, 3.63) is 46.8 Å². The first-order valence-corrected chi connectivity index (χ1v) is 10.0. The molecule has 0 aromatic heterocycles. The van der Waals surface area contributed by atoms with Gasteiger partial charge in [-0.15, -0.1) is 0 Å². The lowest BCUT2D eigenvalue weighted by molar-refractivity contribution is 0.116. The van der Waals surface area contributed by atoms with E-state index in [0.29, 0.717) is 17.5 Å². The fourth-order valence-corrected chi connectivity index (χ4v) is 5.51. The van der Waals surface area contributed by atoms with Gasteiger partial charge >= 0.3 is 0 Å². The van der Waals surface area contributed by atoms with Gasteiger partial charge in [-0.25, -0.2) is 13.2 Å². The average Bonchev–Trinajstić information content (AvgIpc) is 2.66. The lowest BCUT2D eigenvalue weighted by Gasteiger charge is -2.42. The van der Waals surface area contributed by atoms with Gasteiger partial charge in [-0.2, -0.15) is 5.26 Å². The van der Waals surface area contributed by atoms with Gasteiger partial charge in [0, 0.05) is 6.07 Å². The minimum Gasteiger partial charge on any atom is -0.207 e. The van der Waals surface area contributed by atoms with Crippen LogP contribution in [-0.4, -0.2) is 0 Å². The average molecular weight is 371 g/mol. The molecule has 0 radical (unpaired) electrons. The summed E-state index contributed by atoms with van der Waals surface area (Å²) in [4.78, 5) is 0. The molecule has 2 aromatic carbocycles. The summed E-state index contributed by atoms with van der Waals surface area (Å²) in [5, 5.41) is 9.47. The Balaban J connectivity index is 1.71. The highest BCUT2D eigenvalue weighted by molar-refractivity contribution is 5.86. The Bertz CT molecular complexity index is 914. The molecule has 0 bridgehead atoms. The Hall–Kier alpha value is -2.02. The molecule has 2 aliphatic carbocycles. The first-order valence-electron chi connectivity index (χ1n) is 10.0. The predicted octanol–water partition coefficient (Wildman–Crippen LogP) is 6.84. The van der Waals surface area contributed by atoms with Crippen LogP contribution in [0.4, 0.5) is 13.2 Å². The molecule has 0 heterocycles. The van der Waals surface area contributed by atoms with E-state index in [0.717, 1.165) is 37.2 Å². The second kappa shape index (κ2) is 7.19. The van der Waals surface area contributed by atoms with Crippen molar-refractivity contribution in [1.82, 2.24) is 0 Å². The molecule has 2 aromatic rings. The Morgan fingerprint density at radius 1 is 1.00 bits per heavy atom. The number of rotatable bonds is 2. The molecule has 0 saturated heterocycles. The third-order valence-corrected chi connectivity index (χ3v) is 6.97. The summed E-state index contributed by atoms with van der Waals surface area (Å²) in [6, 6.07) is 5.42. The zero-order valence-electron chi connectivity index (χ0n) is 15.6. The number of hydrogen-bond donors (Lipinski definition) is 0. The van der Waals surface area contributed by atoms with Gasteiger partial charge < -0.3 is 0 Å². The van der Waals surface area contributed by atoms with Crippen LogP contribution < -0.4 is 0 Å². The molecule has 0 aliphatic heterocycles. The van der Waals surface area contributed by atoms with E-state index in [9.17, 15) is 18.4 Å². The molecule has 27 heavy (non-hydrogen) atoms. The van der Waals surface area contributed by atoms with E-state index in [2.05, 4.69) is 6.92 Å². The maximum absolute atomic E-state index is 14.9. The van der Waals surface area contributed by atoms with Crippen LogP contribution in [0.3, 0.4) is 0 Å². The second-order valence-electron chi connectivity index (χ2n) is 8.37. The van der Waals surface area contributed by atoms with Gasteiger partial charge in [0.05, 0.1) is 10.9 Å². The molecule has 4 unspecified atom stereocenters. The zero-order valence-corrected chi connectivity index (χ0v) is 15.6. The fraction of sp³-hybridized carbons (Fsp3) is 0.522. The highest BCUT2D eigenvalue weighted by Crippen LogP contribution is 2.49. The summed E-state index contributed by atoms with van der Waals surface area (Å²) in [7, 11) is 0. The van der Waals surface area contributed by atoms with Crippen molar-refractivity contribution in [1.29, 1.82) is 5.26 Å². The second-order valence-corrected chi connectivity index (χ2v) is 8.37. The largest absolute Gasteiger partial charge is 0.207 e. The highest BCUT2D eigenvalue weighted by atomic mass is 19.1. The van der Waals surface area contributed by atoms with Crippen LogP contribution in [0, 0.1) is 46.5 Å². The van der Waals surface area contributed by atoms with E-state index in [1.54, 1.807) is 6.07 Å². The first-order chi connectivity index (χ1) is 13.0. The van der Waals surface area contributed by atoms with Crippen molar-refractivity contribution < 1.29 is 13.2 Å². The van der Waals surface area contributed by atoms with Gasteiger partial charge in [-0.05, 0) is 78.9 Å². The topological polar surface area (TPSA) is 23.8 Å². The quantitative estimate of drug-likeness (QED) is 0.567. The summed E-state index contributed by atoms with van der Waals surface area (Å²) in [5.74, 6) is -0.277. The minimum atomic E-state index is -0.952. The maximum Gasteiger partial charge on any atom is 0.152 e. The molecule has 2 saturated carbocycles. The first kappa shape index (κ1) is 18.3. The molecule has 0 spiro atoms. The number of nitrogens with zero attached hydrogens (tertiary/aromatic N) is 1. The van der Waals surface area contributed by atoms with E-state index in [4.69, 9.17) is 0 Å². The van der Waals surface area contributed by atoms with E-state index < -0.39 is 17.5 Å². The summed E-state index contributed by atoms with van der Waals surface area (Å²) in [6.07, 6.45) is 7.90. The predicted molar refractivity (Wildman–Crippen MR) is 99.7 cm³/mol. The van der Waals surface area contributed by atoms with Crippen LogP contribution in [0.15, 0.2) is 18.2 Å². The SMILES string of the molecule is CCC1CCC2CC(c3cc4cc(F)cc(F)c4c(F)c3C#N)CCC2C1. The van der Waals surface area contributed by atoms with Gasteiger partial charge in [0.15, 0.2) is 5.82 Å². The molecule has 1 nitrogen and oxygen atoms in total. The van der Waals surface area contributed by atoms with Gasteiger partial charge in [-0.3, -0.25) is 0 Å². The molecule has 4 rings (SSSR count). The molecular formula is C23H24F3N. The molecule has 0 N–H and O–H groups in total. The van der Waals surface area contributed by atoms with Crippen molar-refractivity contribution in [2.75, 3.05) is 0 Å². The Labute approximate surface area is 158 Å². The van der Waals surface area contributed by atoms with Crippen molar-refractivity contribution in [2.24, 2.45) is 17.8 Å². The highest BCUT2D eigenvalue weighted by Gasteiger charge is 2.36. The normalized spacial score (nSPS) is 28.0. The fourth-order valence-electron chi connectivity index (χ4n) is 5.51. The number of nitriles is 1. The molecule has 2 fully saturated rings. The number of fused-ring (bicyclic) bond motifs is 2. The van der Waals surface area contributed by atoms with E-state index in [1.807, 2.05) is 6.07 Å². The van der Waals surface area contributed by atoms with Crippen molar-refractivity contribution in [3.8, 4) is 6.07 Å². The third-order valence-electron chi connectivity index (χ3n) is 6.97. The summed E-state index contributed by atoms with van der Waals surface area (Å²) in [5.41, 5.74) is 0.558. The van der Waals surface area contributed by atoms with Crippen molar-refractivity contribution >= 4 is 10.8 Å². The monoisotopic (exact) mass is 371 g/mol. The Morgan fingerprint density at radius 3 is 2.48 bits per heavy atom. The van der Waals surface area contributed by atoms with Gasteiger partial charge in [0.2, 0.25) is 0 Å². The number of benzene rings is 2. The summed E-state index contributed by atoms with van der Waals surface area (Å²) < 4.78 is 42.7. The third kappa shape index (κ3) is 3.22. The van der Waals surface area contributed by atoms with Gasteiger partial charge in [0.25, 0.3) is 0 Å². The maximum atomic E-state index is 14.9. The number of hydrogen-bond acceptors (Lipinski definition) is 1. The van der Waals surface area contributed by atoms with Gasteiger partial charge in [0.1, 0.15) is 17.7 Å². The van der Waals surface area contributed by atoms with Crippen LogP contribution in [0.25, 0.3) is 10.8 Å². The van der Waals surface area contributed by atoms with Crippen LogP contribution in [-0.2, 0) is 0 Å². The molecule has 2 aliphatic rings. The molecular weight excluding hydrogens is 347 g/mol. The van der Waals surface area contributed by atoms with Crippen molar-refractivity contribution in [3.63, 3.8) is 0 Å². The standard InChI is InChI=1S/C23H24F3N/c1-2-13-3-4-15-8-16(6-5-14(15)7-13)19-10-17-9-18(24)11-21(25)22(17)23(26)20(19)12-27/h9-11,13-16H,2-8H2,1H3. The van der Waals surface area contributed by atoms with Crippen LogP contribution in [0.5, 0.6) is 0 Å². The zero-order chi connectivity index (χ0) is 19.1. The summed E-state index contributed by atoms with van der Waals surface area (Å²) >= 11 is 0. The molecule has 0 amide bonds. The molecule has 4 atom stereocenters. The minimum absolute atomic E-state index is 0.0706. The van der Waals surface area contributed by atoms with E-state index in [-0.39, 0.29) is 22.3 Å². The van der Waals surface area contributed by atoms with E-state index >= 15 is 0 Å². The Morgan fingerprint density at radius 2 is 1.74 bits per heavy atom. The Kier molecular flexibility index (Phi) is 4.88. The van der Waals surface area contributed by atoms with E-state index in [1.165, 1.54) is 25.7 Å². The molecule has 142 valence electrons. The van der Waals surface area contributed by atoms with Crippen LogP contribution in [0.1, 0.15) is 68.9 Å². The lowest BCUT2D eigenvalue weighted by atomic mass is 9.63. The number of halogens is 3. The van der Waals surface area contributed by atoms with Gasteiger partial charge in [-0.1, -0.05) is 19.8 Å². The smallest absolute Gasteiger partial charge is 0.152 e. The van der Waals surface area contributed by atoms with Crippen LogP contribution in [0.2, 0.25) is 0 Å².